The average molecular weight is 183 g/mol. The third-order valence-corrected chi connectivity index (χ3v) is 1.93. The van der Waals surface area contributed by atoms with Crippen LogP contribution in [-0.4, -0.2) is 11.4 Å². The van der Waals surface area contributed by atoms with Gasteiger partial charge >= 0.3 is 0 Å². The van der Waals surface area contributed by atoms with Crippen LogP contribution in [0.2, 0.25) is 0 Å². The number of hydrogen-bond donors (Lipinski definition) is 1. The van der Waals surface area contributed by atoms with Gasteiger partial charge < -0.3 is 5.21 Å². The molecule has 0 bridgehead atoms. The first kappa shape index (κ1) is 12.2. The molecule has 1 atom stereocenters. The number of hydrogen-bond acceptors (Lipinski definition) is 2. The Morgan fingerprint density at radius 1 is 1.62 bits per heavy atom. The highest BCUT2D eigenvalue weighted by Crippen LogP contribution is 2.21. The van der Waals surface area contributed by atoms with E-state index in [9.17, 15) is 0 Å². The summed E-state index contributed by atoms with van der Waals surface area (Å²) >= 11 is 0. The number of rotatable bonds is 1. The molecule has 2 nitrogen and oxygen atoms in total. The van der Waals surface area contributed by atoms with Crippen molar-refractivity contribution in [1.29, 1.82) is 0 Å². The zero-order valence-electron chi connectivity index (χ0n) is 8.95. The summed E-state index contributed by atoms with van der Waals surface area (Å²) in [5, 5.41) is 11.2. The summed E-state index contributed by atoms with van der Waals surface area (Å²) in [4.78, 5) is 0. The van der Waals surface area contributed by atoms with Crippen LogP contribution in [0.25, 0.3) is 0 Å². The lowest BCUT2D eigenvalue weighted by atomic mass is 9.92. The molecule has 1 N–H and O–H groups in total. The molecule has 0 saturated heterocycles. The molecule has 0 unspecified atom stereocenters. The van der Waals surface area contributed by atoms with Gasteiger partial charge in [0.1, 0.15) is 0 Å². The van der Waals surface area contributed by atoms with E-state index in [4.69, 9.17) is 5.21 Å². The van der Waals surface area contributed by atoms with Gasteiger partial charge in [-0.3, -0.25) is 0 Å². The normalized spacial score (nSPS) is 22.1. The summed E-state index contributed by atoms with van der Waals surface area (Å²) in [6.07, 6.45) is 8.34. The van der Waals surface area contributed by atoms with Gasteiger partial charge in [-0.1, -0.05) is 38.4 Å². The van der Waals surface area contributed by atoms with Crippen LogP contribution in [0.5, 0.6) is 0 Å². The van der Waals surface area contributed by atoms with Crippen molar-refractivity contribution >= 4 is 6.21 Å². The number of allylic oxidation sites excluding steroid dienone is 2. The maximum atomic E-state index is 8.21. The standard InChI is InChI=1S/C8H13NO.C3H8/c1-7-2-4-8(5-3-7)6-9-10;1-3-2/h4,6-7,10H,2-3,5H2,1H3;3H2,1-2H3/b9-6+;/t7-;/m0./s1. The summed E-state index contributed by atoms with van der Waals surface area (Å²) < 4.78 is 0. The Morgan fingerprint density at radius 3 is 2.62 bits per heavy atom. The Balaban J connectivity index is 0.000000424. The van der Waals surface area contributed by atoms with Gasteiger partial charge in [-0.25, -0.2) is 0 Å². The molecule has 0 aromatic rings. The lowest BCUT2D eigenvalue weighted by molar-refractivity contribution is 0.321. The second-order valence-corrected chi connectivity index (χ2v) is 3.61. The lowest BCUT2D eigenvalue weighted by Gasteiger charge is -2.14. The van der Waals surface area contributed by atoms with E-state index < -0.39 is 0 Å². The monoisotopic (exact) mass is 183 g/mol. The van der Waals surface area contributed by atoms with Crippen molar-refractivity contribution in [3.8, 4) is 0 Å². The minimum atomic E-state index is 0.802. The van der Waals surface area contributed by atoms with Crippen LogP contribution in [0.15, 0.2) is 16.8 Å². The fourth-order valence-electron chi connectivity index (χ4n) is 1.18. The van der Waals surface area contributed by atoms with Crippen LogP contribution < -0.4 is 0 Å². The zero-order valence-corrected chi connectivity index (χ0v) is 8.95. The van der Waals surface area contributed by atoms with Crippen molar-refractivity contribution < 1.29 is 5.21 Å². The molecule has 0 radical (unpaired) electrons. The molecule has 0 saturated carbocycles. The van der Waals surface area contributed by atoms with Crippen LogP contribution in [0.4, 0.5) is 0 Å². The topological polar surface area (TPSA) is 32.6 Å². The molecule has 0 aromatic heterocycles. The van der Waals surface area contributed by atoms with E-state index >= 15 is 0 Å². The van der Waals surface area contributed by atoms with Gasteiger partial charge in [0.15, 0.2) is 0 Å². The maximum Gasteiger partial charge on any atom is 0.0690 e. The van der Waals surface area contributed by atoms with Gasteiger partial charge in [0.25, 0.3) is 0 Å². The van der Waals surface area contributed by atoms with E-state index in [0.717, 1.165) is 18.8 Å². The molecule has 13 heavy (non-hydrogen) atoms. The van der Waals surface area contributed by atoms with Gasteiger partial charge in [-0.15, -0.1) is 0 Å². The van der Waals surface area contributed by atoms with Crippen LogP contribution in [0, 0.1) is 5.92 Å². The van der Waals surface area contributed by atoms with Crippen LogP contribution in [-0.2, 0) is 0 Å². The highest BCUT2D eigenvalue weighted by molar-refractivity contribution is 5.77. The van der Waals surface area contributed by atoms with Gasteiger partial charge in [-0.05, 0) is 30.8 Å². The molecule has 1 aliphatic carbocycles. The van der Waals surface area contributed by atoms with E-state index in [2.05, 4.69) is 32.0 Å². The first-order valence-electron chi connectivity index (χ1n) is 5.11. The summed E-state index contributed by atoms with van der Waals surface area (Å²) in [6.45, 7) is 6.49. The summed E-state index contributed by atoms with van der Waals surface area (Å²) in [7, 11) is 0. The number of oxime groups is 1. The largest absolute Gasteiger partial charge is 0.411 e. The Hall–Kier alpha value is -0.790. The Kier molecular flexibility index (Phi) is 7.36. The first-order chi connectivity index (χ1) is 6.24. The molecule has 2 heteroatoms. The highest BCUT2D eigenvalue weighted by atomic mass is 16.4. The third-order valence-electron chi connectivity index (χ3n) is 1.93. The maximum absolute atomic E-state index is 8.21. The fraction of sp³-hybridized carbons (Fsp3) is 0.727. The van der Waals surface area contributed by atoms with Gasteiger partial charge in [-0.2, -0.15) is 0 Å². The zero-order chi connectivity index (χ0) is 10.1. The Morgan fingerprint density at radius 2 is 2.23 bits per heavy atom. The van der Waals surface area contributed by atoms with Crippen molar-refractivity contribution in [2.45, 2.75) is 46.5 Å². The molecule has 1 aliphatic rings. The molecule has 76 valence electrons. The first-order valence-corrected chi connectivity index (χ1v) is 5.11. The molecular formula is C11H21NO. The van der Waals surface area contributed by atoms with E-state index in [1.165, 1.54) is 24.6 Å². The smallest absolute Gasteiger partial charge is 0.0690 e. The molecular weight excluding hydrogens is 162 g/mol. The molecule has 0 aromatic carbocycles. The lowest BCUT2D eigenvalue weighted by Crippen LogP contribution is -2.01. The van der Waals surface area contributed by atoms with E-state index in [1.807, 2.05) is 0 Å². The summed E-state index contributed by atoms with van der Waals surface area (Å²) in [6, 6.07) is 0. The van der Waals surface area contributed by atoms with Crippen LogP contribution >= 0.6 is 0 Å². The quantitative estimate of drug-likeness (QED) is 0.376. The minimum Gasteiger partial charge on any atom is -0.411 e. The SMILES string of the molecule is CCC.C[C@H]1CC=C(/C=N/O)CC1. The molecule has 0 heterocycles. The second-order valence-electron chi connectivity index (χ2n) is 3.61. The van der Waals surface area contributed by atoms with E-state index in [-0.39, 0.29) is 0 Å². The predicted molar refractivity (Wildman–Crippen MR) is 57.3 cm³/mol. The second kappa shape index (κ2) is 7.84. The molecule has 0 spiro atoms. The summed E-state index contributed by atoms with van der Waals surface area (Å²) in [5.74, 6) is 0.802. The van der Waals surface area contributed by atoms with Gasteiger partial charge in [0.2, 0.25) is 0 Å². The number of nitrogens with zero attached hydrogens (tertiary/aromatic N) is 1. The third kappa shape index (κ3) is 6.38. The van der Waals surface area contributed by atoms with Crippen LogP contribution in [0.3, 0.4) is 0 Å². The molecule has 0 aliphatic heterocycles. The van der Waals surface area contributed by atoms with Crippen molar-refractivity contribution in [1.82, 2.24) is 0 Å². The highest BCUT2D eigenvalue weighted by Gasteiger charge is 2.07. The van der Waals surface area contributed by atoms with Gasteiger partial charge in [0, 0.05) is 0 Å². The van der Waals surface area contributed by atoms with E-state index in [0.29, 0.717) is 0 Å². The van der Waals surface area contributed by atoms with Crippen molar-refractivity contribution in [3.05, 3.63) is 11.6 Å². The van der Waals surface area contributed by atoms with Crippen molar-refractivity contribution in [2.75, 3.05) is 0 Å². The van der Waals surface area contributed by atoms with Gasteiger partial charge in [0.05, 0.1) is 6.21 Å². The average Bonchev–Trinajstić information content (AvgIpc) is 2.11. The Labute approximate surface area is 81.3 Å². The van der Waals surface area contributed by atoms with Crippen molar-refractivity contribution in [2.24, 2.45) is 11.1 Å². The molecule has 0 fully saturated rings. The predicted octanol–water partition coefficient (Wildman–Crippen LogP) is 3.61. The van der Waals surface area contributed by atoms with Crippen molar-refractivity contribution in [3.63, 3.8) is 0 Å². The fourth-order valence-corrected chi connectivity index (χ4v) is 1.18. The minimum absolute atomic E-state index is 0.802. The summed E-state index contributed by atoms with van der Waals surface area (Å²) in [5.41, 5.74) is 1.17. The van der Waals surface area contributed by atoms with Crippen LogP contribution in [0.1, 0.15) is 46.5 Å². The molecule has 0 amide bonds. The Bertz CT molecular complexity index is 173. The molecule has 1 rings (SSSR count). The van der Waals surface area contributed by atoms with E-state index in [1.54, 1.807) is 0 Å².